The fraction of sp³-hybridized carbons (Fsp3) is 0.105. The molecule has 4 rings (SSSR count). The summed E-state index contributed by atoms with van der Waals surface area (Å²) in [6.07, 6.45) is 3.84. The predicted octanol–water partition coefficient (Wildman–Crippen LogP) is 3.39. The minimum atomic E-state index is -0.456. The van der Waals surface area contributed by atoms with Crippen LogP contribution < -0.4 is 0 Å². The summed E-state index contributed by atoms with van der Waals surface area (Å²) in [5.74, 6) is -0.456. The molecule has 0 saturated carbocycles. The van der Waals surface area contributed by atoms with Crippen LogP contribution in [-0.4, -0.2) is 25.6 Å². The molecule has 3 heterocycles. The van der Waals surface area contributed by atoms with Crippen molar-refractivity contribution in [2.45, 2.75) is 13.5 Å². The maximum atomic E-state index is 12.2. The number of fused-ring (bicyclic) bond motifs is 1. The number of hydrogen-bond acceptors (Lipinski definition) is 4. The van der Waals surface area contributed by atoms with Crippen LogP contribution in [0.25, 0.3) is 16.9 Å². The molecule has 0 aliphatic carbocycles. The molecule has 0 aliphatic heterocycles. The molecule has 0 radical (unpaired) electrons. The third kappa shape index (κ3) is 3.14. The normalized spacial score (nSPS) is 10.9. The summed E-state index contributed by atoms with van der Waals surface area (Å²) in [4.78, 5) is 16.6. The van der Waals surface area contributed by atoms with Gasteiger partial charge in [0, 0.05) is 18.0 Å². The van der Waals surface area contributed by atoms with Crippen LogP contribution in [0.4, 0.5) is 0 Å². The van der Waals surface area contributed by atoms with E-state index < -0.39 is 5.97 Å². The third-order valence-electron chi connectivity index (χ3n) is 3.87. The maximum absolute atomic E-state index is 12.2. The summed E-state index contributed by atoms with van der Waals surface area (Å²) in [5.41, 5.74) is 4.62. The van der Waals surface area contributed by atoms with Gasteiger partial charge >= 0.3 is 5.97 Å². The van der Waals surface area contributed by atoms with Crippen molar-refractivity contribution in [1.82, 2.24) is 19.6 Å². The number of aromatic nitrogens is 4. The summed E-state index contributed by atoms with van der Waals surface area (Å²) < 4.78 is 7.26. The van der Waals surface area contributed by atoms with Gasteiger partial charge < -0.3 is 9.14 Å². The molecule has 0 fully saturated rings. The molecule has 1 aromatic carbocycles. The molecule has 6 heteroatoms. The van der Waals surface area contributed by atoms with Crippen molar-refractivity contribution in [2.24, 2.45) is 0 Å². The monoisotopic (exact) mass is 332 g/mol. The van der Waals surface area contributed by atoms with Crippen LogP contribution in [0.2, 0.25) is 0 Å². The van der Waals surface area contributed by atoms with Crippen LogP contribution >= 0.6 is 0 Å². The van der Waals surface area contributed by atoms with Gasteiger partial charge in [0.15, 0.2) is 0 Å². The first-order chi connectivity index (χ1) is 12.2. The van der Waals surface area contributed by atoms with E-state index in [0.717, 1.165) is 16.8 Å². The Morgan fingerprint density at radius 2 is 2.00 bits per heavy atom. The second-order valence-corrected chi connectivity index (χ2v) is 5.81. The Labute approximate surface area is 144 Å². The quantitative estimate of drug-likeness (QED) is 0.581. The van der Waals surface area contributed by atoms with Gasteiger partial charge in [-0.2, -0.15) is 5.10 Å². The van der Waals surface area contributed by atoms with E-state index >= 15 is 0 Å². The first-order valence-electron chi connectivity index (χ1n) is 7.91. The van der Waals surface area contributed by atoms with E-state index in [0.29, 0.717) is 17.1 Å². The molecule has 0 atom stereocenters. The summed E-state index contributed by atoms with van der Waals surface area (Å²) in [5, 5.41) is 6.89. The van der Waals surface area contributed by atoms with Crippen LogP contribution in [0, 0.1) is 6.92 Å². The zero-order chi connectivity index (χ0) is 17.2. The van der Waals surface area contributed by atoms with Crippen molar-refractivity contribution in [3.05, 3.63) is 77.9 Å². The Bertz CT molecular complexity index is 1030. The highest BCUT2D eigenvalue weighted by molar-refractivity contribution is 5.88. The first-order valence-corrected chi connectivity index (χ1v) is 7.91. The lowest BCUT2D eigenvalue weighted by atomic mass is 10.1. The SMILES string of the molecule is Cc1ccc2nc(COC(=O)c3cc(-c4ccccc4)n[nH]3)cn2c1. The standard InChI is InChI=1S/C19H16N4O2/c1-13-7-8-18-20-15(11-23(18)10-13)12-25-19(24)17-9-16(21-22-17)14-5-3-2-4-6-14/h2-11H,12H2,1H3,(H,21,22). The molecular weight excluding hydrogens is 316 g/mol. The fourth-order valence-corrected chi connectivity index (χ4v) is 2.63. The molecule has 25 heavy (non-hydrogen) atoms. The molecule has 0 aliphatic rings. The molecule has 4 aromatic rings. The molecule has 0 amide bonds. The van der Waals surface area contributed by atoms with Crippen molar-refractivity contribution in [3.8, 4) is 11.3 Å². The number of rotatable bonds is 4. The van der Waals surface area contributed by atoms with Gasteiger partial charge in [-0.3, -0.25) is 5.10 Å². The lowest BCUT2D eigenvalue weighted by molar-refractivity contribution is 0.0461. The van der Waals surface area contributed by atoms with Crippen LogP contribution in [-0.2, 0) is 11.3 Å². The molecule has 0 unspecified atom stereocenters. The summed E-state index contributed by atoms with van der Waals surface area (Å²) in [6.45, 7) is 2.13. The molecule has 0 spiro atoms. The number of pyridine rings is 1. The number of nitrogens with zero attached hydrogens (tertiary/aromatic N) is 3. The molecule has 0 saturated heterocycles. The second-order valence-electron chi connectivity index (χ2n) is 5.81. The number of aromatic amines is 1. The highest BCUT2D eigenvalue weighted by Crippen LogP contribution is 2.17. The van der Waals surface area contributed by atoms with Crippen LogP contribution in [0.15, 0.2) is 60.9 Å². The van der Waals surface area contributed by atoms with Crippen LogP contribution in [0.5, 0.6) is 0 Å². The van der Waals surface area contributed by atoms with E-state index in [9.17, 15) is 4.79 Å². The molecule has 124 valence electrons. The highest BCUT2D eigenvalue weighted by Gasteiger charge is 2.13. The Hall–Kier alpha value is -3.41. The van der Waals surface area contributed by atoms with E-state index in [1.54, 1.807) is 6.07 Å². The van der Waals surface area contributed by atoms with Crippen molar-refractivity contribution >= 4 is 11.6 Å². The smallest absolute Gasteiger partial charge is 0.356 e. The largest absolute Gasteiger partial charge is 0.454 e. The van der Waals surface area contributed by atoms with Crippen molar-refractivity contribution in [1.29, 1.82) is 0 Å². The number of esters is 1. The van der Waals surface area contributed by atoms with Gasteiger partial charge in [-0.15, -0.1) is 0 Å². The molecule has 1 N–H and O–H groups in total. The molecule has 3 aromatic heterocycles. The van der Waals surface area contributed by atoms with E-state index in [1.165, 1.54) is 0 Å². The molecular formula is C19H16N4O2. The lowest BCUT2D eigenvalue weighted by Gasteiger charge is -1.99. The number of ether oxygens (including phenoxy) is 1. The van der Waals surface area contributed by atoms with Gasteiger partial charge in [0.2, 0.25) is 0 Å². The second kappa shape index (κ2) is 6.24. The van der Waals surface area contributed by atoms with Gasteiger partial charge in [0.05, 0.1) is 11.4 Å². The van der Waals surface area contributed by atoms with E-state index in [-0.39, 0.29) is 6.61 Å². The Morgan fingerprint density at radius 1 is 1.16 bits per heavy atom. The summed E-state index contributed by atoms with van der Waals surface area (Å²) >= 11 is 0. The zero-order valence-electron chi connectivity index (χ0n) is 13.6. The van der Waals surface area contributed by atoms with E-state index in [2.05, 4.69) is 15.2 Å². The van der Waals surface area contributed by atoms with Gasteiger partial charge in [-0.25, -0.2) is 9.78 Å². The molecule has 0 bridgehead atoms. The number of nitrogens with one attached hydrogen (secondary N) is 1. The van der Waals surface area contributed by atoms with Crippen LogP contribution in [0.1, 0.15) is 21.7 Å². The third-order valence-corrected chi connectivity index (χ3v) is 3.87. The van der Waals surface area contributed by atoms with Gasteiger partial charge in [-0.1, -0.05) is 36.4 Å². The number of benzene rings is 1. The minimum Gasteiger partial charge on any atom is -0.454 e. The van der Waals surface area contributed by atoms with Gasteiger partial charge in [0.1, 0.15) is 17.9 Å². The predicted molar refractivity (Wildman–Crippen MR) is 93.1 cm³/mol. The number of H-pyrrole nitrogens is 1. The number of aryl methyl sites for hydroxylation is 1. The number of carbonyl (C=O) groups excluding carboxylic acids is 1. The van der Waals surface area contributed by atoms with Crippen molar-refractivity contribution < 1.29 is 9.53 Å². The topological polar surface area (TPSA) is 72.3 Å². The average Bonchev–Trinajstić information content (AvgIpc) is 3.27. The first kappa shape index (κ1) is 15.1. The summed E-state index contributed by atoms with van der Waals surface area (Å²) in [6, 6.07) is 15.3. The Morgan fingerprint density at radius 3 is 2.84 bits per heavy atom. The number of carbonyl (C=O) groups is 1. The summed E-state index contributed by atoms with van der Waals surface area (Å²) in [7, 11) is 0. The van der Waals surface area contributed by atoms with Crippen molar-refractivity contribution in [3.63, 3.8) is 0 Å². The zero-order valence-corrected chi connectivity index (χ0v) is 13.6. The maximum Gasteiger partial charge on any atom is 0.356 e. The van der Waals surface area contributed by atoms with E-state index in [1.807, 2.05) is 66.2 Å². The van der Waals surface area contributed by atoms with Crippen LogP contribution in [0.3, 0.4) is 0 Å². The highest BCUT2D eigenvalue weighted by atomic mass is 16.5. The minimum absolute atomic E-state index is 0.110. The average molecular weight is 332 g/mol. The fourth-order valence-electron chi connectivity index (χ4n) is 2.63. The Kier molecular flexibility index (Phi) is 3.78. The molecule has 6 nitrogen and oxygen atoms in total. The van der Waals surface area contributed by atoms with Gasteiger partial charge in [-0.05, 0) is 24.6 Å². The Balaban J connectivity index is 1.46. The van der Waals surface area contributed by atoms with Crippen molar-refractivity contribution in [2.75, 3.05) is 0 Å². The number of hydrogen-bond donors (Lipinski definition) is 1. The van der Waals surface area contributed by atoms with E-state index in [4.69, 9.17) is 4.74 Å². The number of imidazole rings is 1. The lowest BCUT2D eigenvalue weighted by Crippen LogP contribution is -2.05. The van der Waals surface area contributed by atoms with Gasteiger partial charge in [0.25, 0.3) is 0 Å².